The number of hydrogen-bond acceptors (Lipinski definition) is 3. The van der Waals surface area contributed by atoms with Gasteiger partial charge in [-0.05, 0) is 12.8 Å². The highest BCUT2D eigenvalue weighted by Gasteiger charge is 2.10. The van der Waals surface area contributed by atoms with Gasteiger partial charge in [0, 0.05) is 12.3 Å². The van der Waals surface area contributed by atoms with Gasteiger partial charge in [0.2, 0.25) is 0 Å². The summed E-state index contributed by atoms with van der Waals surface area (Å²) in [6, 6.07) is 0. The average molecular weight is 162 g/mol. The van der Waals surface area contributed by atoms with Gasteiger partial charge < -0.3 is 15.3 Å². The lowest BCUT2D eigenvalue weighted by Crippen LogP contribution is -2.16. The Kier molecular flexibility index (Phi) is 4.81. The van der Waals surface area contributed by atoms with Crippen molar-refractivity contribution in [2.24, 2.45) is 5.92 Å². The lowest BCUT2D eigenvalue weighted by atomic mass is 10.0. The smallest absolute Gasteiger partial charge is 0.303 e. The maximum atomic E-state index is 10.0. The van der Waals surface area contributed by atoms with E-state index in [1.807, 2.05) is 0 Å². The van der Waals surface area contributed by atoms with Crippen LogP contribution in [0.5, 0.6) is 0 Å². The molecule has 0 aromatic rings. The van der Waals surface area contributed by atoms with Crippen LogP contribution in [0.15, 0.2) is 0 Å². The van der Waals surface area contributed by atoms with Crippen LogP contribution >= 0.6 is 0 Å². The van der Waals surface area contributed by atoms with Crippen molar-refractivity contribution >= 4 is 5.97 Å². The van der Waals surface area contributed by atoms with E-state index < -0.39 is 12.3 Å². The molecule has 0 aliphatic carbocycles. The van der Waals surface area contributed by atoms with E-state index in [-0.39, 0.29) is 12.3 Å². The van der Waals surface area contributed by atoms with Crippen molar-refractivity contribution in [3.05, 3.63) is 0 Å². The van der Waals surface area contributed by atoms with Crippen LogP contribution in [0.4, 0.5) is 0 Å². The minimum atomic E-state index is -1.33. The molecule has 0 bridgehead atoms. The molecule has 0 spiro atoms. The molecule has 0 saturated heterocycles. The second-order valence-corrected chi connectivity index (χ2v) is 2.68. The number of carbonyl (C=O) groups is 1. The minimum absolute atomic E-state index is 0.0943. The normalized spacial score (nSPS) is 13.5. The Balaban J connectivity index is 3.31. The number of aliphatic hydroxyl groups excluding tert-OH is 1. The molecule has 0 saturated carbocycles. The summed E-state index contributed by atoms with van der Waals surface area (Å²) in [5.74, 6) is -1.08. The fraction of sp³-hybridized carbons (Fsp3) is 0.857. The average Bonchev–Trinajstić information content (AvgIpc) is 1.86. The van der Waals surface area contributed by atoms with Crippen molar-refractivity contribution in [1.82, 2.24) is 0 Å². The Morgan fingerprint density at radius 2 is 2.00 bits per heavy atom. The second-order valence-electron chi connectivity index (χ2n) is 2.68. The van der Waals surface area contributed by atoms with Crippen molar-refractivity contribution in [3.8, 4) is 0 Å². The van der Waals surface area contributed by atoms with E-state index >= 15 is 0 Å². The predicted octanol–water partition coefficient (Wildman–Crippen LogP) is 0.188. The summed E-state index contributed by atoms with van der Waals surface area (Å²) in [5.41, 5.74) is 0. The molecule has 4 heteroatoms. The molecule has 0 amide bonds. The molecule has 1 atom stereocenters. The van der Waals surface area contributed by atoms with Crippen LogP contribution in [0.25, 0.3) is 0 Å². The molecule has 0 fully saturated rings. The molecule has 1 unspecified atom stereocenters. The quantitative estimate of drug-likeness (QED) is 0.504. The van der Waals surface area contributed by atoms with Gasteiger partial charge in [-0.25, -0.2) is 0 Å². The fourth-order valence-corrected chi connectivity index (χ4v) is 0.724. The Morgan fingerprint density at radius 3 is 2.36 bits per heavy atom. The fourth-order valence-electron chi connectivity index (χ4n) is 0.724. The van der Waals surface area contributed by atoms with Crippen LogP contribution < -0.4 is 0 Å². The van der Waals surface area contributed by atoms with E-state index in [4.69, 9.17) is 15.3 Å². The zero-order valence-electron chi connectivity index (χ0n) is 6.53. The number of aliphatic hydroxyl groups is 2. The summed E-state index contributed by atoms with van der Waals surface area (Å²) in [6.07, 6.45) is -0.210. The number of aliphatic carboxylic acids is 1. The van der Waals surface area contributed by atoms with E-state index in [2.05, 4.69) is 0 Å². The van der Waals surface area contributed by atoms with Gasteiger partial charge in [0.05, 0.1) is 0 Å². The standard InChI is InChI=1S/C7H14O4/c1-5(7(10)11)3-2-4-6(8)9/h5,7,10-11H,2-4H2,1H3,(H,8,9). The van der Waals surface area contributed by atoms with Crippen molar-refractivity contribution in [2.75, 3.05) is 0 Å². The Bertz CT molecular complexity index is 122. The monoisotopic (exact) mass is 162 g/mol. The van der Waals surface area contributed by atoms with Crippen molar-refractivity contribution in [2.45, 2.75) is 32.5 Å². The highest BCUT2D eigenvalue weighted by Crippen LogP contribution is 2.10. The van der Waals surface area contributed by atoms with Crippen LogP contribution in [0.2, 0.25) is 0 Å². The molecule has 0 aromatic carbocycles. The first-order valence-corrected chi connectivity index (χ1v) is 3.62. The van der Waals surface area contributed by atoms with E-state index in [9.17, 15) is 4.79 Å². The summed E-state index contributed by atoms with van der Waals surface area (Å²) in [4.78, 5) is 10.0. The molecule has 0 aliphatic rings. The molecule has 0 rings (SSSR count). The zero-order valence-corrected chi connectivity index (χ0v) is 6.53. The molecular weight excluding hydrogens is 148 g/mol. The van der Waals surface area contributed by atoms with Crippen LogP contribution in [0, 0.1) is 5.92 Å². The maximum Gasteiger partial charge on any atom is 0.303 e. The molecule has 66 valence electrons. The van der Waals surface area contributed by atoms with Crippen LogP contribution in [-0.2, 0) is 4.79 Å². The maximum absolute atomic E-state index is 10.0. The van der Waals surface area contributed by atoms with Crippen molar-refractivity contribution in [3.63, 3.8) is 0 Å². The number of carboxylic acid groups (broad SMARTS) is 1. The molecule has 0 aliphatic heterocycles. The number of hydrogen-bond donors (Lipinski definition) is 3. The van der Waals surface area contributed by atoms with Crippen LogP contribution in [0.1, 0.15) is 26.2 Å². The Hall–Kier alpha value is -0.610. The summed E-state index contributed by atoms with van der Waals surface area (Å²) >= 11 is 0. The van der Waals surface area contributed by atoms with Gasteiger partial charge in [-0.1, -0.05) is 6.92 Å². The lowest BCUT2D eigenvalue weighted by Gasteiger charge is -2.11. The number of carboxylic acids is 1. The minimum Gasteiger partial charge on any atom is -0.481 e. The van der Waals surface area contributed by atoms with Gasteiger partial charge in [0.25, 0.3) is 0 Å². The second kappa shape index (κ2) is 5.09. The molecule has 0 heterocycles. The van der Waals surface area contributed by atoms with E-state index in [0.29, 0.717) is 12.8 Å². The van der Waals surface area contributed by atoms with Crippen molar-refractivity contribution in [1.29, 1.82) is 0 Å². The van der Waals surface area contributed by atoms with Gasteiger partial charge in [0.1, 0.15) is 0 Å². The van der Waals surface area contributed by atoms with Gasteiger partial charge in [-0.2, -0.15) is 0 Å². The van der Waals surface area contributed by atoms with Crippen molar-refractivity contribution < 1.29 is 20.1 Å². The highest BCUT2D eigenvalue weighted by atomic mass is 16.5. The van der Waals surface area contributed by atoms with E-state index in [1.165, 1.54) is 0 Å². The number of rotatable bonds is 5. The SMILES string of the molecule is CC(CCCC(=O)O)C(O)O. The third-order valence-corrected chi connectivity index (χ3v) is 1.56. The van der Waals surface area contributed by atoms with Gasteiger partial charge in [-0.3, -0.25) is 4.79 Å². The highest BCUT2D eigenvalue weighted by molar-refractivity contribution is 5.66. The molecule has 0 aromatic heterocycles. The first kappa shape index (κ1) is 10.4. The molecule has 3 N–H and O–H groups in total. The summed E-state index contributed by atoms with van der Waals surface area (Å²) in [6.45, 7) is 1.67. The first-order valence-electron chi connectivity index (χ1n) is 3.62. The third kappa shape index (κ3) is 5.82. The van der Waals surface area contributed by atoms with E-state index in [1.54, 1.807) is 6.92 Å². The van der Waals surface area contributed by atoms with Gasteiger partial charge in [-0.15, -0.1) is 0 Å². The first-order chi connectivity index (χ1) is 5.04. The van der Waals surface area contributed by atoms with Crippen LogP contribution in [-0.4, -0.2) is 27.6 Å². The van der Waals surface area contributed by atoms with Gasteiger partial charge in [0.15, 0.2) is 6.29 Å². The van der Waals surface area contributed by atoms with Crippen LogP contribution in [0.3, 0.4) is 0 Å². The lowest BCUT2D eigenvalue weighted by molar-refractivity contribution is -0.137. The molecule has 4 nitrogen and oxygen atoms in total. The molecular formula is C7H14O4. The largest absolute Gasteiger partial charge is 0.481 e. The predicted molar refractivity (Wildman–Crippen MR) is 38.9 cm³/mol. The summed E-state index contributed by atoms with van der Waals surface area (Å²) < 4.78 is 0. The summed E-state index contributed by atoms with van der Waals surface area (Å²) in [5, 5.41) is 25.4. The van der Waals surface area contributed by atoms with Gasteiger partial charge >= 0.3 is 5.97 Å². The Labute approximate surface area is 65.5 Å². The zero-order chi connectivity index (χ0) is 8.85. The Morgan fingerprint density at radius 1 is 1.45 bits per heavy atom. The topological polar surface area (TPSA) is 77.8 Å². The summed E-state index contributed by atoms with van der Waals surface area (Å²) in [7, 11) is 0. The third-order valence-electron chi connectivity index (χ3n) is 1.56. The molecule has 0 radical (unpaired) electrons. The molecule has 11 heavy (non-hydrogen) atoms. The van der Waals surface area contributed by atoms with E-state index in [0.717, 1.165) is 0 Å².